The van der Waals surface area contributed by atoms with Gasteiger partial charge in [-0.1, -0.05) is 27.7 Å². The van der Waals surface area contributed by atoms with Gasteiger partial charge in [0.05, 0.1) is 5.41 Å². The minimum absolute atomic E-state index is 0.00250. The van der Waals surface area contributed by atoms with E-state index in [4.69, 9.17) is 0 Å². The summed E-state index contributed by atoms with van der Waals surface area (Å²) in [5, 5.41) is 9.35. The predicted octanol–water partition coefficient (Wildman–Crippen LogP) is 2.38. The third-order valence-corrected chi connectivity index (χ3v) is 4.64. The Morgan fingerprint density at radius 1 is 1.17 bits per heavy atom. The molecule has 1 amide bonds. The molecule has 4 heteroatoms. The Morgan fingerprint density at radius 3 is 1.94 bits per heavy atom. The maximum Gasteiger partial charge on any atom is 0.310 e. The Labute approximate surface area is 109 Å². The normalized spacial score (nSPS) is 24.3. The van der Waals surface area contributed by atoms with E-state index in [2.05, 4.69) is 13.8 Å². The van der Waals surface area contributed by atoms with E-state index in [-0.39, 0.29) is 12.3 Å². The molecule has 1 saturated heterocycles. The molecule has 1 N–H and O–H groups in total. The zero-order valence-electron chi connectivity index (χ0n) is 11.9. The number of likely N-dealkylation sites (tertiary alicyclic amines) is 1. The molecule has 2 atom stereocenters. The molecule has 1 rings (SSSR count). The van der Waals surface area contributed by atoms with Gasteiger partial charge >= 0.3 is 5.97 Å². The van der Waals surface area contributed by atoms with Crippen molar-refractivity contribution in [2.75, 3.05) is 13.1 Å². The smallest absolute Gasteiger partial charge is 0.310 e. The fourth-order valence-corrected chi connectivity index (χ4v) is 2.61. The van der Waals surface area contributed by atoms with Crippen molar-refractivity contribution in [1.82, 2.24) is 4.90 Å². The van der Waals surface area contributed by atoms with Gasteiger partial charge in [0.1, 0.15) is 0 Å². The number of hydrogen-bond donors (Lipinski definition) is 1. The zero-order valence-corrected chi connectivity index (χ0v) is 11.9. The summed E-state index contributed by atoms with van der Waals surface area (Å²) in [5.74, 6) is 0.173. The Hall–Kier alpha value is -1.06. The van der Waals surface area contributed by atoms with Crippen LogP contribution in [-0.4, -0.2) is 35.0 Å². The third-order valence-electron chi connectivity index (χ3n) is 4.64. The molecule has 1 heterocycles. The number of aliphatic carboxylic acids is 1. The maximum atomic E-state index is 12.2. The summed E-state index contributed by atoms with van der Waals surface area (Å²) in [7, 11) is 0. The summed E-state index contributed by atoms with van der Waals surface area (Å²) in [5.41, 5.74) is -0.883. The van der Waals surface area contributed by atoms with E-state index >= 15 is 0 Å². The number of carboxylic acid groups (broad SMARTS) is 1. The van der Waals surface area contributed by atoms with Crippen LogP contribution < -0.4 is 0 Å². The molecule has 0 aromatic carbocycles. The standard InChI is InChI=1S/C14H25NO3/c1-5-14(6-2,13(17)18)7-12(16)15-8-10(3)11(4)9-15/h10-11H,5-9H2,1-4H3,(H,17,18). The van der Waals surface area contributed by atoms with Gasteiger partial charge in [-0.15, -0.1) is 0 Å². The van der Waals surface area contributed by atoms with Gasteiger partial charge in [0, 0.05) is 19.5 Å². The number of carboxylic acids is 1. The minimum Gasteiger partial charge on any atom is -0.481 e. The molecular formula is C14H25NO3. The van der Waals surface area contributed by atoms with Crippen molar-refractivity contribution in [3.63, 3.8) is 0 Å². The van der Waals surface area contributed by atoms with Crippen LogP contribution >= 0.6 is 0 Å². The number of carbonyl (C=O) groups is 2. The first-order valence-corrected chi connectivity index (χ1v) is 6.87. The molecule has 104 valence electrons. The highest BCUT2D eigenvalue weighted by molar-refractivity contribution is 5.85. The number of rotatable bonds is 5. The van der Waals surface area contributed by atoms with E-state index in [0.717, 1.165) is 13.1 Å². The zero-order chi connectivity index (χ0) is 13.9. The third kappa shape index (κ3) is 2.85. The van der Waals surface area contributed by atoms with E-state index in [1.54, 1.807) is 0 Å². The Kier molecular flexibility index (Phi) is 4.77. The molecular weight excluding hydrogens is 230 g/mol. The molecule has 2 unspecified atom stereocenters. The fraction of sp³-hybridized carbons (Fsp3) is 0.857. The second-order valence-corrected chi connectivity index (χ2v) is 5.72. The number of nitrogens with zero attached hydrogens (tertiary/aromatic N) is 1. The Bertz CT molecular complexity index is 313. The van der Waals surface area contributed by atoms with Gasteiger partial charge in [-0.25, -0.2) is 0 Å². The summed E-state index contributed by atoms with van der Waals surface area (Å²) in [6, 6.07) is 0. The average molecular weight is 255 g/mol. The Morgan fingerprint density at radius 2 is 1.61 bits per heavy atom. The first kappa shape index (κ1) is 15.0. The van der Waals surface area contributed by atoms with E-state index in [9.17, 15) is 14.7 Å². The quantitative estimate of drug-likeness (QED) is 0.820. The number of hydrogen-bond acceptors (Lipinski definition) is 2. The summed E-state index contributed by atoms with van der Waals surface area (Å²) >= 11 is 0. The van der Waals surface area contributed by atoms with Crippen LogP contribution in [0.25, 0.3) is 0 Å². The molecule has 18 heavy (non-hydrogen) atoms. The molecule has 1 fully saturated rings. The molecule has 0 aromatic heterocycles. The van der Waals surface area contributed by atoms with E-state index in [1.807, 2.05) is 18.7 Å². The van der Waals surface area contributed by atoms with Gasteiger partial charge in [-0.2, -0.15) is 0 Å². The molecule has 0 spiro atoms. The van der Waals surface area contributed by atoms with Gasteiger partial charge in [-0.05, 0) is 24.7 Å². The molecule has 1 aliphatic rings. The van der Waals surface area contributed by atoms with E-state index < -0.39 is 11.4 Å². The summed E-state index contributed by atoms with van der Waals surface area (Å²) in [4.78, 5) is 25.5. The SMILES string of the molecule is CCC(CC)(CC(=O)N1CC(C)C(C)C1)C(=O)O. The second-order valence-electron chi connectivity index (χ2n) is 5.72. The minimum atomic E-state index is -0.883. The van der Waals surface area contributed by atoms with Crippen molar-refractivity contribution >= 4 is 11.9 Å². The summed E-state index contributed by atoms with van der Waals surface area (Å²) < 4.78 is 0. The maximum absolute atomic E-state index is 12.2. The van der Waals surface area contributed by atoms with Crippen LogP contribution in [0.4, 0.5) is 0 Å². The molecule has 4 nitrogen and oxygen atoms in total. The summed E-state index contributed by atoms with van der Waals surface area (Å²) in [6.07, 6.45) is 1.14. The predicted molar refractivity (Wildman–Crippen MR) is 70.2 cm³/mol. The Balaban J connectivity index is 2.71. The van der Waals surface area contributed by atoms with Gasteiger partial charge in [0.15, 0.2) is 0 Å². The first-order chi connectivity index (χ1) is 8.36. The van der Waals surface area contributed by atoms with Gasteiger partial charge in [0.25, 0.3) is 0 Å². The topological polar surface area (TPSA) is 57.6 Å². The van der Waals surface area contributed by atoms with Crippen LogP contribution in [0.2, 0.25) is 0 Å². The van der Waals surface area contributed by atoms with Crippen molar-refractivity contribution in [2.24, 2.45) is 17.3 Å². The van der Waals surface area contributed by atoms with Crippen LogP contribution in [0.15, 0.2) is 0 Å². The lowest BCUT2D eigenvalue weighted by molar-refractivity contribution is -0.154. The van der Waals surface area contributed by atoms with Crippen LogP contribution in [0.1, 0.15) is 47.0 Å². The van der Waals surface area contributed by atoms with Crippen LogP contribution in [0.5, 0.6) is 0 Å². The lowest BCUT2D eigenvalue weighted by Gasteiger charge is -2.28. The molecule has 0 aliphatic carbocycles. The van der Waals surface area contributed by atoms with Gasteiger partial charge < -0.3 is 10.0 Å². The van der Waals surface area contributed by atoms with Crippen molar-refractivity contribution < 1.29 is 14.7 Å². The molecule has 0 bridgehead atoms. The lowest BCUT2D eigenvalue weighted by Crippen LogP contribution is -2.38. The van der Waals surface area contributed by atoms with Crippen molar-refractivity contribution in [2.45, 2.75) is 47.0 Å². The van der Waals surface area contributed by atoms with Crippen LogP contribution in [0.3, 0.4) is 0 Å². The molecule has 0 radical (unpaired) electrons. The van der Waals surface area contributed by atoms with Gasteiger partial charge in [-0.3, -0.25) is 9.59 Å². The van der Waals surface area contributed by atoms with Gasteiger partial charge in [0.2, 0.25) is 5.91 Å². The van der Waals surface area contributed by atoms with E-state index in [0.29, 0.717) is 24.7 Å². The highest BCUT2D eigenvalue weighted by atomic mass is 16.4. The average Bonchev–Trinajstić information content (AvgIpc) is 2.66. The molecule has 0 saturated carbocycles. The molecule has 1 aliphatic heterocycles. The number of carbonyl (C=O) groups excluding carboxylic acids is 1. The lowest BCUT2D eigenvalue weighted by atomic mass is 9.79. The van der Waals surface area contributed by atoms with Crippen molar-refractivity contribution in [3.8, 4) is 0 Å². The first-order valence-electron chi connectivity index (χ1n) is 6.87. The second kappa shape index (κ2) is 5.72. The largest absolute Gasteiger partial charge is 0.481 e. The van der Waals surface area contributed by atoms with Crippen molar-refractivity contribution in [3.05, 3.63) is 0 Å². The highest BCUT2D eigenvalue weighted by Crippen LogP contribution is 2.33. The van der Waals surface area contributed by atoms with Crippen LogP contribution in [0, 0.1) is 17.3 Å². The fourth-order valence-electron chi connectivity index (χ4n) is 2.61. The monoisotopic (exact) mass is 255 g/mol. The van der Waals surface area contributed by atoms with E-state index in [1.165, 1.54) is 0 Å². The summed E-state index contributed by atoms with van der Waals surface area (Å²) in [6.45, 7) is 9.51. The van der Waals surface area contributed by atoms with Crippen LogP contribution in [-0.2, 0) is 9.59 Å². The van der Waals surface area contributed by atoms with Crippen molar-refractivity contribution in [1.29, 1.82) is 0 Å². The number of amides is 1. The highest BCUT2D eigenvalue weighted by Gasteiger charge is 2.40. The molecule has 0 aromatic rings.